The van der Waals surface area contributed by atoms with E-state index in [-0.39, 0.29) is 23.7 Å². The van der Waals surface area contributed by atoms with Gasteiger partial charge in [-0.05, 0) is 37.5 Å². The molecule has 0 saturated carbocycles. The molecule has 0 bridgehead atoms. The van der Waals surface area contributed by atoms with Crippen LogP contribution < -0.4 is 4.90 Å². The highest BCUT2D eigenvalue weighted by molar-refractivity contribution is 5.96. The largest absolute Gasteiger partial charge is 0.452 e. The van der Waals surface area contributed by atoms with Gasteiger partial charge in [-0.15, -0.1) is 0 Å². The Bertz CT molecular complexity index is 1050. The number of carbonyl (C=O) groups is 1. The molecule has 4 rings (SSSR count). The van der Waals surface area contributed by atoms with Crippen molar-refractivity contribution < 1.29 is 19.0 Å². The quantitative estimate of drug-likeness (QED) is 0.342. The van der Waals surface area contributed by atoms with Gasteiger partial charge in [0, 0.05) is 43.2 Å². The van der Waals surface area contributed by atoms with Crippen molar-refractivity contribution in [3.63, 3.8) is 0 Å². The third-order valence-electron chi connectivity index (χ3n) is 4.82. The molecule has 0 aliphatic carbocycles. The van der Waals surface area contributed by atoms with Gasteiger partial charge in [0.05, 0.1) is 16.2 Å². The number of benzene rings is 1. The fraction of sp³-hybridized carbons (Fsp3) is 0.300. The molecule has 154 valence electrons. The van der Waals surface area contributed by atoms with Crippen molar-refractivity contribution in [2.45, 2.75) is 25.9 Å². The molecule has 1 aliphatic heterocycles. The van der Waals surface area contributed by atoms with Crippen LogP contribution in [0.5, 0.6) is 0 Å². The number of rotatable bonds is 6. The van der Waals surface area contributed by atoms with Gasteiger partial charge in [-0.1, -0.05) is 5.16 Å². The van der Waals surface area contributed by atoms with Crippen molar-refractivity contribution in [1.82, 2.24) is 15.1 Å². The van der Waals surface area contributed by atoms with E-state index < -0.39 is 10.9 Å². The minimum Gasteiger partial charge on any atom is -0.452 e. The zero-order valence-corrected chi connectivity index (χ0v) is 16.1. The lowest BCUT2D eigenvalue weighted by molar-refractivity contribution is -0.384. The van der Waals surface area contributed by atoms with Gasteiger partial charge >= 0.3 is 5.97 Å². The number of pyridine rings is 1. The molecular weight excluding hydrogens is 390 g/mol. The summed E-state index contributed by atoms with van der Waals surface area (Å²) in [6.45, 7) is 1.33. The van der Waals surface area contributed by atoms with Crippen LogP contribution in [0.1, 0.15) is 35.5 Å². The van der Waals surface area contributed by atoms with Crippen LogP contribution in [0, 0.1) is 10.1 Å². The van der Waals surface area contributed by atoms with E-state index in [2.05, 4.69) is 20.0 Å². The molecule has 10 heteroatoms. The van der Waals surface area contributed by atoms with Crippen LogP contribution in [0.2, 0.25) is 0 Å². The van der Waals surface area contributed by atoms with Crippen molar-refractivity contribution >= 4 is 17.3 Å². The minimum absolute atomic E-state index is 0.118. The fourth-order valence-corrected chi connectivity index (χ4v) is 3.34. The molecular formula is C20H19N5O5. The molecule has 1 saturated heterocycles. The molecule has 1 aliphatic rings. The number of aromatic nitrogens is 3. The highest BCUT2D eigenvalue weighted by atomic mass is 16.6. The smallest absolute Gasteiger partial charge is 0.341 e. The van der Waals surface area contributed by atoms with Gasteiger partial charge in [-0.3, -0.25) is 15.1 Å². The number of nitrogens with zero attached hydrogens (tertiary/aromatic N) is 5. The summed E-state index contributed by atoms with van der Waals surface area (Å²) in [5, 5.41) is 15.0. The van der Waals surface area contributed by atoms with Gasteiger partial charge in [0.25, 0.3) is 11.6 Å². The lowest BCUT2D eigenvalue weighted by Crippen LogP contribution is -2.31. The number of nitro groups is 1. The number of hydrogen-bond donors (Lipinski definition) is 0. The summed E-state index contributed by atoms with van der Waals surface area (Å²) in [5.74, 6) is -0.230. The standard InChI is InChI=1S/C20H19N5O5/c26-20(29-13-18-22-19(23-30-18)14-5-4-8-21-12-14)16-11-15(25(27)28)6-7-17(16)24-9-2-1-3-10-24/h4-8,11-12H,1-3,9-10,13H2. The molecule has 2 aromatic heterocycles. The molecule has 0 amide bonds. The van der Waals surface area contributed by atoms with E-state index in [1.54, 1.807) is 30.6 Å². The van der Waals surface area contributed by atoms with Crippen molar-refractivity contribution in [2.24, 2.45) is 0 Å². The van der Waals surface area contributed by atoms with Gasteiger partial charge in [0.2, 0.25) is 5.82 Å². The van der Waals surface area contributed by atoms with Gasteiger partial charge in [-0.2, -0.15) is 4.98 Å². The van der Waals surface area contributed by atoms with Crippen LogP contribution in [-0.4, -0.2) is 39.1 Å². The first-order valence-electron chi connectivity index (χ1n) is 9.55. The van der Waals surface area contributed by atoms with E-state index >= 15 is 0 Å². The SMILES string of the molecule is O=C(OCc1nc(-c2cccnc2)no1)c1cc([N+](=O)[O-])ccc1N1CCCCC1. The number of nitro benzene ring substituents is 1. The van der Waals surface area contributed by atoms with Gasteiger partial charge in [0.15, 0.2) is 6.61 Å². The molecule has 0 atom stereocenters. The number of ether oxygens (including phenoxy) is 1. The summed E-state index contributed by atoms with van der Waals surface area (Å²) < 4.78 is 10.5. The van der Waals surface area contributed by atoms with Crippen LogP contribution in [0.3, 0.4) is 0 Å². The lowest BCUT2D eigenvalue weighted by atomic mass is 10.1. The Balaban J connectivity index is 1.51. The van der Waals surface area contributed by atoms with E-state index in [1.165, 1.54) is 12.1 Å². The monoisotopic (exact) mass is 409 g/mol. The van der Waals surface area contributed by atoms with Crippen molar-refractivity contribution in [3.8, 4) is 11.4 Å². The van der Waals surface area contributed by atoms with Gasteiger partial charge in [0.1, 0.15) is 0 Å². The average Bonchev–Trinajstić information content (AvgIpc) is 3.27. The Hall–Kier alpha value is -3.82. The number of piperidine rings is 1. The molecule has 3 heterocycles. The summed E-state index contributed by atoms with van der Waals surface area (Å²) in [6.07, 6.45) is 6.36. The van der Waals surface area contributed by atoms with E-state index in [4.69, 9.17) is 9.26 Å². The Morgan fingerprint density at radius 1 is 1.23 bits per heavy atom. The molecule has 1 fully saturated rings. The molecule has 0 N–H and O–H groups in total. The van der Waals surface area contributed by atoms with E-state index in [9.17, 15) is 14.9 Å². The van der Waals surface area contributed by atoms with E-state index in [1.807, 2.05) is 0 Å². The molecule has 3 aromatic rings. The van der Waals surface area contributed by atoms with Crippen molar-refractivity contribution in [1.29, 1.82) is 0 Å². The number of hydrogen-bond acceptors (Lipinski definition) is 9. The molecule has 0 unspecified atom stereocenters. The van der Waals surface area contributed by atoms with Crippen LogP contribution in [0.25, 0.3) is 11.4 Å². The first kappa shape index (κ1) is 19.5. The number of non-ortho nitro benzene ring substituents is 1. The second-order valence-electron chi connectivity index (χ2n) is 6.84. The van der Waals surface area contributed by atoms with E-state index in [0.29, 0.717) is 17.1 Å². The topological polar surface area (TPSA) is 124 Å². The molecule has 0 spiro atoms. The maximum atomic E-state index is 12.8. The predicted octanol–water partition coefficient (Wildman–Crippen LogP) is 3.39. The molecule has 30 heavy (non-hydrogen) atoms. The summed E-state index contributed by atoms with van der Waals surface area (Å²) in [7, 11) is 0. The maximum absolute atomic E-state index is 12.8. The first-order valence-corrected chi connectivity index (χ1v) is 9.55. The Labute approximate surface area is 171 Å². The third kappa shape index (κ3) is 4.27. The van der Waals surface area contributed by atoms with Crippen molar-refractivity contribution in [2.75, 3.05) is 18.0 Å². The molecule has 0 radical (unpaired) electrons. The normalized spacial score (nSPS) is 13.8. The first-order chi connectivity index (χ1) is 14.6. The van der Waals surface area contributed by atoms with Gasteiger partial charge < -0.3 is 14.2 Å². The average molecular weight is 409 g/mol. The van der Waals surface area contributed by atoms with E-state index in [0.717, 1.165) is 32.4 Å². The number of esters is 1. The summed E-state index contributed by atoms with van der Waals surface area (Å²) in [6, 6.07) is 7.78. The minimum atomic E-state index is -0.680. The summed E-state index contributed by atoms with van der Waals surface area (Å²) in [4.78, 5) is 33.6. The van der Waals surface area contributed by atoms with Crippen LogP contribution in [0.15, 0.2) is 47.2 Å². The summed E-state index contributed by atoms with van der Waals surface area (Å²) >= 11 is 0. The maximum Gasteiger partial charge on any atom is 0.341 e. The third-order valence-corrected chi connectivity index (χ3v) is 4.82. The highest BCUT2D eigenvalue weighted by Crippen LogP contribution is 2.29. The Kier molecular flexibility index (Phi) is 5.64. The molecule has 10 nitrogen and oxygen atoms in total. The number of anilines is 1. The number of carbonyl (C=O) groups excluding carboxylic acids is 1. The molecule has 1 aromatic carbocycles. The predicted molar refractivity (Wildman–Crippen MR) is 106 cm³/mol. The fourth-order valence-electron chi connectivity index (χ4n) is 3.34. The van der Waals surface area contributed by atoms with Crippen LogP contribution >= 0.6 is 0 Å². The second-order valence-corrected chi connectivity index (χ2v) is 6.84. The second kappa shape index (κ2) is 8.68. The highest BCUT2D eigenvalue weighted by Gasteiger charge is 2.23. The lowest BCUT2D eigenvalue weighted by Gasteiger charge is -2.30. The van der Waals surface area contributed by atoms with Crippen LogP contribution in [0.4, 0.5) is 11.4 Å². The zero-order chi connectivity index (χ0) is 20.9. The van der Waals surface area contributed by atoms with Gasteiger partial charge in [-0.25, -0.2) is 4.79 Å². The summed E-state index contributed by atoms with van der Waals surface area (Å²) in [5.41, 5.74) is 1.29. The Morgan fingerprint density at radius 2 is 2.07 bits per heavy atom. The van der Waals surface area contributed by atoms with Crippen molar-refractivity contribution in [3.05, 3.63) is 64.3 Å². The zero-order valence-electron chi connectivity index (χ0n) is 16.1. The Morgan fingerprint density at radius 3 is 2.80 bits per heavy atom. The van der Waals surface area contributed by atoms with Crippen LogP contribution in [-0.2, 0) is 11.3 Å².